The van der Waals surface area contributed by atoms with Gasteiger partial charge in [0.05, 0.1) is 11.4 Å². The molecule has 0 aromatic carbocycles. The van der Waals surface area contributed by atoms with Crippen LogP contribution in [0.3, 0.4) is 0 Å². The van der Waals surface area contributed by atoms with E-state index in [0.29, 0.717) is 6.54 Å². The zero-order valence-electron chi connectivity index (χ0n) is 11.4. The quantitative estimate of drug-likeness (QED) is 0.899. The highest BCUT2D eigenvalue weighted by Crippen LogP contribution is 2.23. The zero-order chi connectivity index (χ0) is 13.2. The van der Waals surface area contributed by atoms with Crippen LogP contribution >= 0.6 is 0 Å². The molecule has 0 aliphatic heterocycles. The van der Waals surface area contributed by atoms with Crippen molar-refractivity contribution in [3.05, 3.63) is 35.5 Å². The summed E-state index contributed by atoms with van der Waals surface area (Å²) in [5, 5.41) is 11.8. The fourth-order valence-corrected chi connectivity index (χ4v) is 1.95. The molecule has 5 heteroatoms. The summed E-state index contributed by atoms with van der Waals surface area (Å²) in [5.74, 6) is 0. The summed E-state index contributed by atoms with van der Waals surface area (Å²) in [5.41, 5.74) is 3.34. The molecule has 0 radical (unpaired) electrons. The monoisotopic (exact) mass is 248 g/mol. The Bertz CT molecular complexity index is 494. The molecule has 2 aromatic heterocycles. The Balaban J connectivity index is 2.01. The van der Waals surface area contributed by atoms with E-state index in [-0.39, 0.29) is 5.41 Å². The van der Waals surface area contributed by atoms with Crippen LogP contribution in [0.1, 0.15) is 37.7 Å². The third-order valence-electron chi connectivity index (χ3n) is 2.73. The van der Waals surface area contributed by atoms with Gasteiger partial charge in [-0.3, -0.25) is 4.68 Å². The molecule has 0 fully saturated rings. The van der Waals surface area contributed by atoms with E-state index in [4.69, 9.17) is 4.52 Å². The van der Waals surface area contributed by atoms with E-state index in [1.807, 2.05) is 17.8 Å². The first-order valence-electron chi connectivity index (χ1n) is 6.10. The van der Waals surface area contributed by atoms with Gasteiger partial charge in [-0.15, -0.1) is 0 Å². The lowest BCUT2D eigenvalue weighted by Crippen LogP contribution is -2.19. The van der Waals surface area contributed by atoms with E-state index >= 15 is 0 Å². The standard InChI is InChI=1S/C13H20N4O/c1-13(2,3)12-10(9-17(4)15-12)7-14-8-11-5-6-18-16-11/h5-6,9,14H,7-8H2,1-4H3. The third-order valence-corrected chi connectivity index (χ3v) is 2.73. The molecule has 5 nitrogen and oxygen atoms in total. The van der Waals surface area contributed by atoms with E-state index in [1.54, 1.807) is 6.26 Å². The average molecular weight is 248 g/mol. The van der Waals surface area contributed by atoms with E-state index in [1.165, 1.54) is 5.56 Å². The molecule has 0 bridgehead atoms. The first-order chi connectivity index (χ1) is 8.47. The number of rotatable bonds is 4. The number of hydrogen-bond donors (Lipinski definition) is 1. The van der Waals surface area contributed by atoms with Crippen LogP contribution in [0, 0.1) is 0 Å². The van der Waals surface area contributed by atoms with Crippen LogP contribution in [0.15, 0.2) is 23.0 Å². The lowest BCUT2D eigenvalue weighted by molar-refractivity contribution is 0.408. The van der Waals surface area contributed by atoms with Crippen LogP contribution in [0.2, 0.25) is 0 Å². The summed E-state index contributed by atoms with van der Waals surface area (Å²) in [6.07, 6.45) is 3.65. The molecular formula is C13H20N4O. The second kappa shape index (κ2) is 4.94. The average Bonchev–Trinajstić information content (AvgIpc) is 2.87. The Morgan fingerprint density at radius 1 is 1.33 bits per heavy atom. The molecule has 2 heterocycles. The van der Waals surface area contributed by atoms with E-state index in [2.05, 4.69) is 42.5 Å². The van der Waals surface area contributed by atoms with Gasteiger partial charge in [0.1, 0.15) is 6.26 Å². The van der Waals surface area contributed by atoms with Crippen molar-refractivity contribution in [3.8, 4) is 0 Å². The van der Waals surface area contributed by atoms with E-state index in [9.17, 15) is 0 Å². The highest BCUT2D eigenvalue weighted by Gasteiger charge is 2.21. The first-order valence-corrected chi connectivity index (χ1v) is 6.10. The molecule has 2 aromatic rings. The van der Waals surface area contributed by atoms with Gasteiger partial charge in [0.15, 0.2) is 0 Å². The van der Waals surface area contributed by atoms with Crippen molar-refractivity contribution in [2.24, 2.45) is 7.05 Å². The summed E-state index contributed by atoms with van der Waals surface area (Å²) in [4.78, 5) is 0. The van der Waals surface area contributed by atoms with Gasteiger partial charge in [-0.25, -0.2) is 0 Å². The van der Waals surface area contributed by atoms with E-state index < -0.39 is 0 Å². The highest BCUT2D eigenvalue weighted by molar-refractivity contribution is 5.23. The van der Waals surface area contributed by atoms with Crippen molar-refractivity contribution in [1.29, 1.82) is 0 Å². The summed E-state index contributed by atoms with van der Waals surface area (Å²) in [6.45, 7) is 8.02. The summed E-state index contributed by atoms with van der Waals surface area (Å²) < 4.78 is 6.66. The van der Waals surface area contributed by atoms with Crippen molar-refractivity contribution in [3.63, 3.8) is 0 Å². The summed E-state index contributed by atoms with van der Waals surface area (Å²) in [7, 11) is 1.95. The molecule has 0 aliphatic rings. The molecule has 0 saturated heterocycles. The Kier molecular flexibility index (Phi) is 3.52. The fraction of sp³-hybridized carbons (Fsp3) is 0.538. The number of nitrogens with zero attached hydrogens (tertiary/aromatic N) is 3. The lowest BCUT2D eigenvalue weighted by Gasteiger charge is -2.17. The predicted molar refractivity (Wildman–Crippen MR) is 69.0 cm³/mol. The Morgan fingerprint density at radius 3 is 2.72 bits per heavy atom. The van der Waals surface area contributed by atoms with Crippen LogP contribution in [-0.4, -0.2) is 14.9 Å². The molecule has 18 heavy (non-hydrogen) atoms. The molecule has 0 saturated carbocycles. The van der Waals surface area contributed by atoms with Crippen LogP contribution in [-0.2, 0) is 25.6 Å². The van der Waals surface area contributed by atoms with Gasteiger partial charge in [0, 0.05) is 43.4 Å². The minimum atomic E-state index is 0.0617. The molecule has 1 N–H and O–H groups in total. The van der Waals surface area contributed by atoms with Crippen LogP contribution in [0.25, 0.3) is 0 Å². The van der Waals surface area contributed by atoms with Crippen LogP contribution < -0.4 is 5.32 Å². The van der Waals surface area contributed by atoms with E-state index in [0.717, 1.165) is 17.9 Å². The van der Waals surface area contributed by atoms with Gasteiger partial charge in [0.2, 0.25) is 0 Å². The van der Waals surface area contributed by atoms with Gasteiger partial charge in [0.25, 0.3) is 0 Å². The topological polar surface area (TPSA) is 55.9 Å². The molecule has 0 amide bonds. The van der Waals surface area contributed by atoms with Crippen molar-refractivity contribution in [2.75, 3.05) is 0 Å². The van der Waals surface area contributed by atoms with Crippen molar-refractivity contribution < 1.29 is 4.52 Å². The molecule has 0 atom stereocenters. The van der Waals surface area contributed by atoms with Gasteiger partial charge < -0.3 is 9.84 Å². The molecule has 0 unspecified atom stereocenters. The highest BCUT2D eigenvalue weighted by atomic mass is 16.5. The zero-order valence-corrected chi connectivity index (χ0v) is 11.4. The smallest absolute Gasteiger partial charge is 0.124 e. The number of nitrogens with one attached hydrogen (secondary N) is 1. The second-order valence-corrected chi connectivity index (χ2v) is 5.52. The number of hydrogen-bond acceptors (Lipinski definition) is 4. The third kappa shape index (κ3) is 2.98. The van der Waals surface area contributed by atoms with Crippen LogP contribution in [0.5, 0.6) is 0 Å². The predicted octanol–water partition coefficient (Wildman–Crippen LogP) is 2.00. The van der Waals surface area contributed by atoms with Crippen LogP contribution in [0.4, 0.5) is 0 Å². The SMILES string of the molecule is Cn1cc(CNCc2ccon2)c(C(C)(C)C)n1. The van der Waals surface area contributed by atoms with Gasteiger partial charge in [-0.1, -0.05) is 25.9 Å². The molecule has 0 spiro atoms. The maximum absolute atomic E-state index is 4.79. The first kappa shape index (κ1) is 12.8. The largest absolute Gasteiger partial charge is 0.364 e. The maximum atomic E-state index is 4.79. The molecular weight excluding hydrogens is 228 g/mol. The summed E-state index contributed by atoms with van der Waals surface area (Å²) in [6, 6.07) is 1.86. The van der Waals surface area contributed by atoms with Crippen molar-refractivity contribution >= 4 is 0 Å². The second-order valence-electron chi connectivity index (χ2n) is 5.52. The van der Waals surface area contributed by atoms with Gasteiger partial charge in [-0.05, 0) is 0 Å². The van der Waals surface area contributed by atoms with Gasteiger partial charge in [-0.2, -0.15) is 5.10 Å². The Morgan fingerprint density at radius 2 is 2.11 bits per heavy atom. The Hall–Kier alpha value is -1.62. The lowest BCUT2D eigenvalue weighted by atomic mass is 9.89. The molecule has 98 valence electrons. The fourth-order valence-electron chi connectivity index (χ4n) is 1.95. The molecule has 0 aliphatic carbocycles. The van der Waals surface area contributed by atoms with Crippen molar-refractivity contribution in [2.45, 2.75) is 39.3 Å². The maximum Gasteiger partial charge on any atom is 0.124 e. The van der Waals surface area contributed by atoms with Gasteiger partial charge >= 0.3 is 0 Å². The van der Waals surface area contributed by atoms with Crippen molar-refractivity contribution in [1.82, 2.24) is 20.3 Å². The summed E-state index contributed by atoms with van der Waals surface area (Å²) >= 11 is 0. The minimum Gasteiger partial charge on any atom is -0.364 e. The normalized spacial score (nSPS) is 12.0. The minimum absolute atomic E-state index is 0.0617. The number of aryl methyl sites for hydroxylation is 1. The molecule has 2 rings (SSSR count). The Labute approximate surface area is 107 Å². The number of aromatic nitrogens is 3.